The van der Waals surface area contributed by atoms with Crippen LogP contribution in [0.25, 0.3) is 0 Å². The minimum atomic E-state index is 1.06. The first-order valence-corrected chi connectivity index (χ1v) is 7.51. The third-order valence-corrected chi connectivity index (χ3v) is 2.69. The van der Waals surface area contributed by atoms with E-state index in [0.29, 0.717) is 0 Å². The van der Waals surface area contributed by atoms with Gasteiger partial charge in [-0.25, -0.2) is 0 Å². The molecule has 0 aromatic rings. The lowest BCUT2D eigenvalue weighted by molar-refractivity contribution is 0.728. The van der Waals surface area contributed by atoms with Crippen LogP contribution in [0.3, 0.4) is 0 Å². The van der Waals surface area contributed by atoms with Gasteiger partial charge < -0.3 is 0 Å². The summed E-state index contributed by atoms with van der Waals surface area (Å²) in [7, 11) is 0. The molecule has 0 rings (SSSR count). The van der Waals surface area contributed by atoms with E-state index in [9.17, 15) is 0 Å². The third-order valence-electron chi connectivity index (χ3n) is 2.69. The largest absolute Gasteiger partial charge is 0.0885 e. The van der Waals surface area contributed by atoms with Gasteiger partial charge in [-0.2, -0.15) is 0 Å². The molecule has 0 radical (unpaired) electrons. The Hall–Kier alpha value is -1.04. The van der Waals surface area contributed by atoms with Crippen molar-refractivity contribution in [3.8, 4) is 0 Å². The Bertz CT molecular complexity index is 253. The fraction of sp³-hybridized carbons (Fsp3) is 0.556. The van der Waals surface area contributed by atoms with Crippen molar-refractivity contribution in [2.24, 2.45) is 0 Å². The lowest BCUT2D eigenvalue weighted by atomic mass is 10.2. The summed E-state index contributed by atoms with van der Waals surface area (Å²) in [4.78, 5) is 0. The van der Waals surface area contributed by atoms with Crippen molar-refractivity contribution in [2.75, 3.05) is 0 Å². The van der Waals surface area contributed by atoms with Gasteiger partial charge in [0.2, 0.25) is 0 Å². The first kappa shape index (κ1) is 17.0. The lowest BCUT2D eigenvalue weighted by Gasteiger charge is -1.90. The van der Waals surface area contributed by atoms with Crippen molar-refractivity contribution in [3.63, 3.8) is 0 Å². The Morgan fingerprint density at radius 1 is 0.556 bits per heavy atom. The van der Waals surface area contributed by atoms with E-state index in [1.54, 1.807) is 0 Å². The highest BCUT2D eigenvalue weighted by Gasteiger charge is 1.80. The summed E-state index contributed by atoms with van der Waals surface area (Å²) >= 11 is 0. The second-order valence-electron chi connectivity index (χ2n) is 4.50. The number of hydrogen-bond donors (Lipinski definition) is 0. The van der Waals surface area contributed by atoms with Gasteiger partial charge in [0.05, 0.1) is 0 Å². The molecule has 0 nitrogen and oxygen atoms in total. The minimum Gasteiger partial charge on any atom is -0.0885 e. The highest BCUT2D eigenvalue weighted by molar-refractivity contribution is 4.99. The van der Waals surface area contributed by atoms with E-state index in [2.05, 4.69) is 62.5 Å². The minimum absolute atomic E-state index is 1.06. The van der Waals surface area contributed by atoms with Crippen molar-refractivity contribution in [2.45, 2.75) is 65.2 Å². The molecule has 102 valence electrons. The van der Waals surface area contributed by atoms with Crippen LogP contribution in [-0.2, 0) is 0 Å². The Morgan fingerprint density at radius 2 is 1.06 bits per heavy atom. The molecule has 0 saturated carbocycles. The zero-order chi connectivity index (χ0) is 13.3. The Labute approximate surface area is 114 Å². The van der Waals surface area contributed by atoms with Crippen LogP contribution in [0.1, 0.15) is 65.2 Å². The van der Waals surface area contributed by atoms with Gasteiger partial charge >= 0.3 is 0 Å². The van der Waals surface area contributed by atoms with E-state index in [4.69, 9.17) is 0 Å². The molecule has 0 unspecified atom stereocenters. The summed E-state index contributed by atoms with van der Waals surface area (Å²) in [6.07, 6.45) is 27.6. The Morgan fingerprint density at radius 3 is 1.56 bits per heavy atom. The molecule has 0 atom stereocenters. The number of unbranched alkanes of at least 4 members (excludes halogenated alkanes) is 3. The zero-order valence-electron chi connectivity index (χ0n) is 12.3. The smallest absolute Gasteiger partial charge is 0.0169 e. The second kappa shape index (κ2) is 16.0. The van der Waals surface area contributed by atoms with Gasteiger partial charge in [-0.3, -0.25) is 0 Å². The molecule has 0 saturated heterocycles. The number of hydrogen-bond acceptors (Lipinski definition) is 0. The normalized spacial score (nSPS) is 12.8. The fourth-order valence-corrected chi connectivity index (χ4v) is 1.61. The molecule has 0 aromatic heterocycles. The van der Waals surface area contributed by atoms with Crippen LogP contribution in [0.15, 0.2) is 48.6 Å². The van der Waals surface area contributed by atoms with Crippen molar-refractivity contribution in [1.29, 1.82) is 0 Å². The summed E-state index contributed by atoms with van der Waals surface area (Å²) < 4.78 is 0. The van der Waals surface area contributed by atoms with E-state index in [1.165, 1.54) is 25.7 Å². The standard InChI is InChI=1S/C18H30/c1-3-5-7-9-11-13-15-17-18-16-14-12-10-8-6-4-2/h5,7,11-14,17-18H,3-4,6,8-10,15-16H2,1-2H3/b7-5-,13-11-,14-12-,18-17-. The Kier molecular flexibility index (Phi) is 15.0. The predicted molar refractivity (Wildman–Crippen MR) is 84.8 cm³/mol. The zero-order valence-corrected chi connectivity index (χ0v) is 12.3. The highest BCUT2D eigenvalue weighted by atomic mass is 13.9. The van der Waals surface area contributed by atoms with Gasteiger partial charge in [0.25, 0.3) is 0 Å². The average molecular weight is 246 g/mol. The first-order valence-electron chi connectivity index (χ1n) is 7.51. The summed E-state index contributed by atoms with van der Waals surface area (Å²) in [5, 5.41) is 0. The van der Waals surface area contributed by atoms with Gasteiger partial charge in [0.1, 0.15) is 0 Å². The molecule has 0 spiro atoms. The molecule has 0 heterocycles. The molecular weight excluding hydrogens is 216 g/mol. The molecule has 0 bridgehead atoms. The Balaban J connectivity index is 3.34. The molecular formula is C18H30. The van der Waals surface area contributed by atoms with E-state index in [1.807, 2.05) is 0 Å². The summed E-state index contributed by atoms with van der Waals surface area (Å²) in [5.74, 6) is 0. The molecule has 0 amide bonds. The highest BCUT2D eigenvalue weighted by Crippen LogP contribution is 2.00. The SMILES string of the molecule is CC/C=C\C/C=C\C/C=C\C/C=C\CCCCC. The van der Waals surface area contributed by atoms with Crippen molar-refractivity contribution >= 4 is 0 Å². The fourth-order valence-electron chi connectivity index (χ4n) is 1.61. The van der Waals surface area contributed by atoms with Gasteiger partial charge in [0, 0.05) is 0 Å². The first-order chi connectivity index (χ1) is 8.91. The quantitative estimate of drug-likeness (QED) is 0.293. The van der Waals surface area contributed by atoms with Crippen LogP contribution in [0.2, 0.25) is 0 Å². The second-order valence-corrected chi connectivity index (χ2v) is 4.50. The van der Waals surface area contributed by atoms with Crippen molar-refractivity contribution < 1.29 is 0 Å². The molecule has 0 aliphatic rings. The van der Waals surface area contributed by atoms with Crippen LogP contribution in [0, 0.1) is 0 Å². The maximum Gasteiger partial charge on any atom is -0.0169 e. The molecule has 18 heavy (non-hydrogen) atoms. The van der Waals surface area contributed by atoms with E-state index in [0.717, 1.165) is 25.7 Å². The van der Waals surface area contributed by atoms with Crippen LogP contribution < -0.4 is 0 Å². The predicted octanol–water partition coefficient (Wildman–Crippen LogP) is 6.37. The van der Waals surface area contributed by atoms with Crippen molar-refractivity contribution in [3.05, 3.63) is 48.6 Å². The van der Waals surface area contributed by atoms with Crippen LogP contribution in [0.5, 0.6) is 0 Å². The molecule has 0 fully saturated rings. The van der Waals surface area contributed by atoms with E-state index < -0.39 is 0 Å². The average Bonchev–Trinajstić information content (AvgIpc) is 2.39. The maximum absolute atomic E-state index is 2.31. The summed E-state index contributed by atoms with van der Waals surface area (Å²) in [5.41, 5.74) is 0. The van der Waals surface area contributed by atoms with Crippen molar-refractivity contribution in [1.82, 2.24) is 0 Å². The van der Waals surface area contributed by atoms with Crippen LogP contribution in [-0.4, -0.2) is 0 Å². The van der Waals surface area contributed by atoms with Gasteiger partial charge in [-0.15, -0.1) is 0 Å². The van der Waals surface area contributed by atoms with E-state index >= 15 is 0 Å². The summed E-state index contributed by atoms with van der Waals surface area (Å²) in [6, 6.07) is 0. The van der Waals surface area contributed by atoms with E-state index in [-0.39, 0.29) is 0 Å². The van der Waals surface area contributed by atoms with Gasteiger partial charge in [0.15, 0.2) is 0 Å². The molecule has 0 aliphatic heterocycles. The maximum atomic E-state index is 2.31. The number of rotatable bonds is 11. The molecule has 0 aliphatic carbocycles. The van der Waals surface area contributed by atoms with Crippen LogP contribution >= 0.6 is 0 Å². The summed E-state index contributed by atoms with van der Waals surface area (Å²) in [6.45, 7) is 4.41. The lowest BCUT2D eigenvalue weighted by Crippen LogP contribution is -1.70. The third kappa shape index (κ3) is 15.0. The van der Waals surface area contributed by atoms with Crippen LogP contribution in [0.4, 0.5) is 0 Å². The van der Waals surface area contributed by atoms with Gasteiger partial charge in [-0.1, -0.05) is 75.3 Å². The monoisotopic (exact) mass is 246 g/mol. The molecule has 0 heteroatoms. The number of allylic oxidation sites excluding steroid dienone is 8. The molecule has 0 N–H and O–H groups in total. The topological polar surface area (TPSA) is 0 Å². The van der Waals surface area contributed by atoms with Gasteiger partial charge in [-0.05, 0) is 38.5 Å². The molecule has 0 aromatic carbocycles.